The smallest absolute Gasteiger partial charge is 0.256 e. The number of hydrogen-bond acceptors (Lipinski definition) is 4. The van der Waals surface area contributed by atoms with Crippen molar-refractivity contribution in [2.24, 2.45) is 0 Å². The quantitative estimate of drug-likeness (QED) is 0.469. The number of ether oxygens (including phenoxy) is 1. The Bertz CT molecular complexity index is 913. The summed E-state index contributed by atoms with van der Waals surface area (Å²) in [7, 11) is 3.75. The second-order valence-electron chi connectivity index (χ2n) is 6.30. The molecule has 1 aromatic heterocycles. The molecular formula is C24H36N2O3. The number of aromatic amines is 1. The van der Waals surface area contributed by atoms with Gasteiger partial charge in [0.2, 0.25) is 0 Å². The zero-order valence-electron chi connectivity index (χ0n) is 18.9. The van der Waals surface area contributed by atoms with Gasteiger partial charge >= 0.3 is 0 Å². The Hall–Kier alpha value is -2.50. The summed E-state index contributed by atoms with van der Waals surface area (Å²) in [5.74, 6) is -0.00842. The molecule has 5 heteroatoms. The van der Waals surface area contributed by atoms with Crippen molar-refractivity contribution < 1.29 is 9.53 Å². The van der Waals surface area contributed by atoms with Gasteiger partial charge in [-0.1, -0.05) is 50.6 Å². The van der Waals surface area contributed by atoms with Crippen LogP contribution in [0.3, 0.4) is 0 Å². The summed E-state index contributed by atoms with van der Waals surface area (Å²) in [6.45, 7) is 11.4. The molecule has 2 N–H and O–H groups in total. The van der Waals surface area contributed by atoms with Crippen LogP contribution in [0.5, 0.6) is 0 Å². The van der Waals surface area contributed by atoms with E-state index >= 15 is 0 Å². The van der Waals surface area contributed by atoms with Crippen molar-refractivity contribution in [3.63, 3.8) is 0 Å². The van der Waals surface area contributed by atoms with Gasteiger partial charge in [-0.3, -0.25) is 9.59 Å². The van der Waals surface area contributed by atoms with Crippen LogP contribution in [0, 0.1) is 0 Å². The van der Waals surface area contributed by atoms with E-state index in [4.69, 9.17) is 4.74 Å². The number of carbonyl (C=O) groups is 1. The Balaban J connectivity index is 0.000000599. The lowest BCUT2D eigenvalue weighted by atomic mass is 10.0. The van der Waals surface area contributed by atoms with E-state index in [0.717, 1.165) is 24.0 Å². The van der Waals surface area contributed by atoms with Gasteiger partial charge in [-0.25, -0.2) is 0 Å². The molecule has 3 aromatic rings. The average molecular weight is 401 g/mol. The third-order valence-electron chi connectivity index (χ3n) is 3.54. The van der Waals surface area contributed by atoms with E-state index in [0.29, 0.717) is 16.5 Å². The molecule has 0 unspecified atom stereocenters. The van der Waals surface area contributed by atoms with E-state index < -0.39 is 0 Å². The molecule has 5 nitrogen and oxygen atoms in total. The molecule has 1 heterocycles. The number of aromatic nitrogens is 1. The molecule has 29 heavy (non-hydrogen) atoms. The van der Waals surface area contributed by atoms with E-state index in [9.17, 15) is 9.59 Å². The van der Waals surface area contributed by atoms with Gasteiger partial charge in [0.25, 0.3) is 5.56 Å². The second-order valence-corrected chi connectivity index (χ2v) is 6.30. The maximum atomic E-state index is 11.9. The first-order chi connectivity index (χ1) is 13.9. The molecule has 2 aromatic carbocycles. The number of rotatable bonds is 3. The van der Waals surface area contributed by atoms with Crippen LogP contribution < -0.4 is 10.9 Å². The van der Waals surface area contributed by atoms with Crippen LogP contribution in [0.4, 0.5) is 0 Å². The highest BCUT2D eigenvalue weighted by atomic mass is 16.5. The first kappa shape index (κ1) is 26.5. The number of hydrogen-bond donors (Lipinski definition) is 2. The largest absolute Gasteiger partial charge is 0.382 e. The number of H-pyrrole nitrogens is 1. The SMILES string of the molecule is CC(=O)c1ccc2c(c1)[nH]c(=O)c1ccccc12.CCC.CCOCC.CNC. The summed E-state index contributed by atoms with van der Waals surface area (Å²) in [6, 6.07) is 12.9. The van der Waals surface area contributed by atoms with Crippen molar-refractivity contribution in [2.75, 3.05) is 27.3 Å². The van der Waals surface area contributed by atoms with Crippen LogP contribution in [0.15, 0.2) is 47.3 Å². The number of fused-ring (bicyclic) bond motifs is 3. The van der Waals surface area contributed by atoms with Gasteiger partial charge < -0.3 is 15.0 Å². The van der Waals surface area contributed by atoms with Gasteiger partial charge in [0.1, 0.15) is 0 Å². The van der Waals surface area contributed by atoms with Crippen LogP contribution in [0.25, 0.3) is 21.7 Å². The maximum absolute atomic E-state index is 11.9. The summed E-state index contributed by atoms with van der Waals surface area (Å²) in [4.78, 5) is 26.1. The number of carbonyl (C=O) groups excluding carboxylic acids is 1. The Morgan fingerprint density at radius 1 is 0.931 bits per heavy atom. The van der Waals surface area contributed by atoms with Crippen LogP contribution in [0.2, 0.25) is 0 Å². The first-order valence-electron chi connectivity index (χ1n) is 10.1. The minimum absolute atomic E-state index is 0.00842. The maximum Gasteiger partial charge on any atom is 0.256 e. The van der Waals surface area contributed by atoms with Crippen molar-refractivity contribution in [1.82, 2.24) is 10.3 Å². The molecule has 0 radical (unpaired) electrons. The van der Waals surface area contributed by atoms with E-state index in [1.807, 2.05) is 52.2 Å². The Morgan fingerprint density at radius 3 is 1.90 bits per heavy atom. The lowest BCUT2D eigenvalue weighted by Crippen LogP contribution is -2.06. The summed E-state index contributed by atoms with van der Waals surface area (Å²) in [6.07, 6.45) is 1.25. The minimum atomic E-state index is -0.126. The summed E-state index contributed by atoms with van der Waals surface area (Å²) >= 11 is 0. The molecule has 0 saturated carbocycles. The average Bonchev–Trinajstić information content (AvgIpc) is 2.70. The topological polar surface area (TPSA) is 71.2 Å². The molecule has 0 aliphatic heterocycles. The Morgan fingerprint density at radius 2 is 1.45 bits per heavy atom. The van der Waals surface area contributed by atoms with Gasteiger partial charge in [-0.15, -0.1) is 0 Å². The van der Waals surface area contributed by atoms with Crippen molar-refractivity contribution in [1.29, 1.82) is 0 Å². The molecule has 3 rings (SSSR count). The van der Waals surface area contributed by atoms with Crippen molar-refractivity contribution in [2.45, 2.75) is 41.0 Å². The van der Waals surface area contributed by atoms with Gasteiger partial charge in [0.15, 0.2) is 5.78 Å². The van der Waals surface area contributed by atoms with Gasteiger partial charge in [-0.05, 0) is 52.4 Å². The van der Waals surface area contributed by atoms with E-state index in [-0.39, 0.29) is 11.3 Å². The summed E-state index contributed by atoms with van der Waals surface area (Å²) in [5, 5.41) is 5.28. The number of nitrogens with one attached hydrogen (secondary N) is 2. The first-order valence-corrected chi connectivity index (χ1v) is 10.1. The molecule has 0 atom stereocenters. The van der Waals surface area contributed by atoms with Gasteiger partial charge in [0.05, 0.1) is 0 Å². The molecule has 160 valence electrons. The Kier molecular flexibility index (Phi) is 14.1. The van der Waals surface area contributed by atoms with Gasteiger partial charge in [-0.2, -0.15) is 0 Å². The predicted octanol–water partition coefficient (Wildman–Crippen LogP) is 5.18. The molecule has 0 fully saturated rings. The lowest BCUT2D eigenvalue weighted by molar-refractivity contribution is 0.101. The number of Topliss-reactive ketones (excluding diaryl/α,β-unsaturated/α-hetero) is 1. The van der Waals surface area contributed by atoms with E-state index in [1.165, 1.54) is 13.3 Å². The third-order valence-corrected chi connectivity index (χ3v) is 3.54. The fraction of sp³-hybridized carbons (Fsp3) is 0.417. The van der Waals surface area contributed by atoms with Crippen molar-refractivity contribution in [3.05, 3.63) is 58.4 Å². The number of benzene rings is 2. The van der Waals surface area contributed by atoms with Crippen molar-refractivity contribution in [3.8, 4) is 0 Å². The molecule has 0 saturated heterocycles. The normalized spacial score (nSPS) is 9.48. The van der Waals surface area contributed by atoms with E-state index in [1.54, 1.807) is 18.2 Å². The van der Waals surface area contributed by atoms with Crippen LogP contribution in [-0.4, -0.2) is 38.1 Å². The van der Waals surface area contributed by atoms with Crippen LogP contribution in [-0.2, 0) is 4.74 Å². The number of pyridine rings is 1. The fourth-order valence-corrected chi connectivity index (χ4v) is 2.41. The van der Waals surface area contributed by atoms with E-state index in [2.05, 4.69) is 24.1 Å². The standard InChI is InChI=1S/C15H11NO2.C4H10O.C3H8.C2H7N/c1-9(17)10-6-7-12-11-4-2-3-5-13(11)15(18)16-14(12)8-10;1-3-5-4-2;2*1-3-2/h2-8H,1H3,(H,16,18);3-4H2,1-2H3;3H2,1-2H3;3H,1-2H3. The molecule has 0 spiro atoms. The highest BCUT2D eigenvalue weighted by molar-refractivity contribution is 6.07. The Labute approximate surface area is 174 Å². The summed E-state index contributed by atoms with van der Waals surface area (Å²) < 4.78 is 4.83. The van der Waals surface area contributed by atoms with Gasteiger partial charge in [0, 0.05) is 35.1 Å². The monoisotopic (exact) mass is 400 g/mol. The van der Waals surface area contributed by atoms with Crippen molar-refractivity contribution >= 4 is 27.5 Å². The molecular weight excluding hydrogens is 364 g/mol. The fourth-order valence-electron chi connectivity index (χ4n) is 2.41. The predicted molar refractivity (Wildman–Crippen MR) is 125 cm³/mol. The summed E-state index contributed by atoms with van der Waals surface area (Å²) in [5.41, 5.74) is 1.18. The molecule has 0 aliphatic carbocycles. The lowest BCUT2D eigenvalue weighted by Gasteiger charge is -2.04. The molecule has 0 bridgehead atoms. The zero-order chi connectivity index (χ0) is 22.2. The molecule has 0 amide bonds. The molecule has 0 aliphatic rings. The van der Waals surface area contributed by atoms with Crippen LogP contribution >= 0.6 is 0 Å². The second kappa shape index (κ2) is 15.4. The number of ketones is 1. The minimum Gasteiger partial charge on any atom is -0.382 e. The van der Waals surface area contributed by atoms with Crippen LogP contribution in [0.1, 0.15) is 51.4 Å². The highest BCUT2D eigenvalue weighted by Crippen LogP contribution is 2.21. The zero-order valence-corrected chi connectivity index (χ0v) is 18.9. The third kappa shape index (κ3) is 9.03. The highest BCUT2D eigenvalue weighted by Gasteiger charge is 2.06.